The molecule has 0 spiro atoms. The van der Waals surface area contributed by atoms with Crippen LogP contribution in [0, 0.1) is 13.8 Å². The number of hydrogen-bond donors (Lipinski definition) is 1. The summed E-state index contributed by atoms with van der Waals surface area (Å²) in [6.07, 6.45) is 1.77. The average molecular weight is 348 g/mol. The molecule has 0 amide bonds. The number of halogens is 1. The lowest BCUT2D eigenvalue weighted by Crippen LogP contribution is -2.18. The van der Waals surface area contributed by atoms with E-state index in [-0.39, 0.29) is 0 Å². The molecule has 112 valence electrons. The first-order valence-electron chi connectivity index (χ1n) is 7.38. The van der Waals surface area contributed by atoms with Gasteiger partial charge in [0.15, 0.2) is 0 Å². The Morgan fingerprint density at radius 2 is 1.67 bits per heavy atom. The molecule has 0 saturated carbocycles. The van der Waals surface area contributed by atoms with Crippen LogP contribution in [0.3, 0.4) is 0 Å². The van der Waals surface area contributed by atoms with E-state index in [4.69, 9.17) is 0 Å². The molecule has 0 aliphatic carbocycles. The van der Waals surface area contributed by atoms with E-state index in [1.54, 1.807) is 0 Å². The quantitative estimate of drug-likeness (QED) is 0.811. The highest BCUT2D eigenvalue weighted by molar-refractivity contribution is 9.10. The van der Waals surface area contributed by atoms with Crippen molar-refractivity contribution in [2.45, 2.75) is 33.6 Å². The van der Waals surface area contributed by atoms with Gasteiger partial charge in [0.2, 0.25) is 0 Å². The first kappa shape index (κ1) is 16.1. The van der Waals surface area contributed by atoms with E-state index in [0.29, 0.717) is 0 Å². The predicted molar refractivity (Wildman–Crippen MR) is 90.7 cm³/mol. The van der Waals surface area contributed by atoms with Gasteiger partial charge in [-0.15, -0.1) is 0 Å². The van der Waals surface area contributed by atoms with E-state index in [1.807, 2.05) is 0 Å². The van der Waals surface area contributed by atoms with Crippen LogP contribution in [0.4, 0.5) is 0 Å². The van der Waals surface area contributed by atoms with Crippen molar-refractivity contribution in [3.63, 3.8) is 0 Å². The van der Waals surface area contributed by atoms with Crippen LogP contribution in [0.5, 0.6) is 0 Å². The standard InChI is InChI=1S/C17H22BrN3/c1-4-19-10-9-16-12(2)20-17(21-13(16)3)11-14-5-7-15(18)8-6-14/h5-8,19H,4,9-11H2,1-3H3. The minimum Gasteiger partial charge on any atom is -0.317 e. The third-order valence-corrected chi connectivity index (χ3v) is 4.07. The van der Waals surface area contributed by atoms with Gasteiger partial charge in [-0.3, -0.25) is 0 Å². The van der Waals surface area contributed by atoms with E-state index in [0.717, 1.165) is 47.6 Å². The van der Waals surface area contributed by atoms with E-state index in [9.17, 15) is 0 Å². The van der Waals surface area contributed by atoms with Gasteiger partial charge >= 0.3 is 0 Å². The highest BCUT2D eigenvalue weighted by atomic mass is 79.9. The smallest absolute Gasteiger partial charge is 0.133 e. The lowest BCUT2D eigenvalue weighted by molar-refractivity contribution is 0.705. The lowest BCUT2D eigenvalue weighted by atomic mass is 10.1. The van der Waals surface area contributed by atoms with E-state index in [1.165, 1.54) is 11.1 Å². The summed E-state index contributed by atoms with van der Waals surface area (Å²) in [5.41, 5.74) is 4.72. The molecule has 1 aromatic carbocycles. The maximum atomic E-state index is 4.68. The number of likely N-dealkylation sites (N-methyl/N-ethyl adjacent to an activating group) is 1. The molecule has 3 nitrogen and oxygen atoms in total. The zero-order valence-electron chi connectivity index (χ0n) is 12.9. The zero-order valence-corrected chi connectivity index (χ0v) is 14.5. The molecule has 0 radical (unpaired) electrons. The zero-order chi connectivity index (χ0) is 15.2. The summed E-state index contributed by atoms with van der Waals surface area (Å²) in [6, 6.07) is 8.33. The van der Waals surface area contributed by atoms with Crippen LogP contribution in [0.25, 0.3) is 0 Å². The second-order valence-electron chi connectivity index (χ2n) is 5.20. The van der Waals surface area contributed by atoms with Crippen molar-refractivity contribution < 1.29 is 0 Å². The molecule has 1 aromatic heterocycles. The summed E-state index contributed by atoms with van der Waals surface area (Å²) in [6.45, 7) is 8.27. The van der Waals surface area contributed by atoms with Crippen molar-refractivity contribution >= 4 is 15.9 Å². The lowest BCUT2D eigenvalue weighted by Gasteiger charge is -2.11. The van der Waals surface area contributed by atoms with Gasteiger partial charge in [0.05, 0.1) is 0 Å². The Kier molecular flexibility index (Phi) is 5.88. The largest absolute Gasteiger partial charge is 0.317 e. The Labute approximate surface area is 135 Å². The van der Waals surface area contributed by atoms with Gasteiger partial charge in [-0.05, 0) is 56.6 Å². The normalized spacial score (nSPS) is 10.9. The Bertz CT molecular complexity index is 570. The minimum absolute atomic E-state index is 0.780. The molecule has 0 unspecified atom stereocenters. The second-order valence-corrected chi connectivity index (χ2v) is 6.11. The van der Waals surface area contributed by atoms with Gasteiger partial charge < -0.3 is 5.32 Å². The van der Waals surface area contributed by atoms with Crippen molar-refractivity contribution in [2.75, 3.05) is 13.1 Å². The molecule has 0 atom stereocenters. The van der Waals surface area contributed by atoms with Crippen molar-refractivity contribution in [1.82, 2.24) is 15.3 Å². The fourth-order valence-corrected chi connectivity index (χ4v) is 2.69. The monoisotopic (exact) mass is 347 g/mol. The topological polar surface area (TPSA) is 37.8 Å². The molecule has 4 heteroatoms. The van der Waals surface area contributed by atoms with Gasteiger partial charge in [-0.2, -0.15) is 0 Å². The van der Waals surface area contributed by atoms with E-state index in [2.05, 4.69) is 76.3 Å². The van der Waals surface area contributed by atoms with E-state index < -0.39 is 0 Å². The number of nitrogens with zero attached hydrogens (tertiary/aromatic N) is 2. The summed E-state index contributed by atoms with van der Waals surface area (Å²) in [5.74, 6) is 0.902. The third kappa shape index (κ3) is 4.61. The molecule has 1 heterocycles. The summed E-state index contributed by atoms with van der Waals surface area (Å²) in [5, 5.41) is 3.35. The van der Waals surface area contributed by atoms with E-state index >= 15 is 0 Å². The molecule has 0 bridgehead atoms. The summed E-state index contributed by atoms with van der Waals surface area (Å²) in [7, 11) is 0. The molecule has 0 aliphatic heterocycles. The maximum Gasteiger partial charge on any atom is 0.133 e. The summed E-state index contributed by atoms with van der Waals surface area (Å²) in [4.78, 5) is 9.36. The number of aromatic nitrogens is 2. The molecule has 0 fully saturated rings. The first-order valence-corrected chi connectivity index (χ1v) is 8.17. The Morgan fingerprint density at radius 1 is 1.05 bits per heavy atom. The van der Waals surface area contributed by atoms with Crippen LogP contribution in [0.1, 0.15) is 35.3 Å². The highest BCUT2D eigenvalue weighted by Gasteiger charge is 2.09. The highest BCUT2D eigenvalue weighted by Crippen LogP contribution is 2.15. The first-order chi connectivity index (χ1) is 10.1. The maximum absolute atomic E-state index is 4.68. The van der Waals surface area contributed by atoms with Crippen molar-refractivity contribution in [1.29, 1.82) is 0 Å². The number of rotatable bonds is 6. The van der Waals surface area contributed by atoms with Gasteiger partial charge in [-0.25, -0.2) is 9.97 Å². The van der Waals surface area contributed by atoms with Gasteiger partial charge in [0.25, 0.3) is 0 Å². The van der Waals surface area contributed by atoms with Crippen LogP contribution in [0.15, 0.2) is 28.7 Å². The molecule has 0 aliphatic rings. The number of nitrogens with one attached hydrogen (secondary N) is 1. The van der Waals surface area contributed by atoms with Crippen LogP contribution in [-0.2, 0) is 12.8 Å². The predicted octanol–water partition coefficient (Wildman–Crippen LogP) is 3.60. The Morgan fingerprint density at radius 3 is 2.24 bits per heavy atom. The molecular weight excluding hydrogens is 326 g/mol. The number of aryl methyl sites for hydroxylation is 2. The summed E-state index contributed by atoms with van der Waals surface area (Å²) >= 11 is 3.46. The molecule has 2 aromatic rings. The SMILES string of the molecule is CCNCCc1c(C)nc(Cc2ccc(Br)cc2)nc1C. The third-order valence-electron chi connectivity index (χ3n) is 3.54. The number of benzene rings is 1. The van der Waals surface area contributed by atoms with Crippen molar-refractivity contribution in [3.05, 3.63) is 57.1 Å². The van der Waals surface area contributed by atoms with Crippen LogP contribution in [-0.4, -0.2) is 23.1 Å². The summed E-state index contributed by atoms with van der Waals surface area (Å²) < 4.78 is 1.10. The molecule has 1 N–H and O–H groups in total. The molecule has 2 rings (SSSR count). The minimum atomic E-state index is 0.780. The van der Waals surface area contributed by atoms with Crippen molar-refractivity contribution in [3.8, 4) is 0 Å². The molecule has 21 heavy (non-hydrogen) atoms. The van der Waals surface area contributed by atoms with Crippen LogP contribution < -0.4 is 5.32 Å². The van der Waals surface area contributed by atoms with Crippen molar-refractivity contribution in [2.24, 2.45) is 0 Å². The van der Waals surface area contributed by atoms with Gasteiger partial charge in [-0.1, -0.05) is 35.0 Å². The van der Waals surface area contributed by atoms with Gasteiger partial charge in [0, 0.05) is 22.3 Å². The van der Waals surface area contributed by atoms with Gasteiger partial charge in [0.1, 0.15) is 5.82 Å². The molecule has 0 saturated heterocycles. The Balaban J connectivity index is 2.13. The van der Waals surface area contributed by atoms with Crippen LogP contribution >= 0.6 is 15.9 Å². The fraction of sp³-hybridized carbons (Fsp3) is 0.412. The number of hydrogen-bond acceptors (Lipinski definition) is 3. The second kappa shape index (κ2) is 7.66. The van der Waals surface area contributed by atoms with Crippen LogP contribution in [0.2, 0.25) is 0 Å². The Hall–Kier alpha value is -1.26. The fourth-order valence-electron chi connectivity index (χ4n) is 2.42. The molecular formula is C17H22BrN3. The average Bonchev–Trinajstić information content (AvgIpc) is 2.44.